The second kappa shape index (κ2) is 5.84. The van der Waals surface area contributed by atoms with E-state index in [1.807, 2.05) is 12.1 Å². The predicted molar refractivity (Wildman–Crippen MR) is 74.3 cm³/mol. The Morgan fingerprint density at radius 1 is 1.37 bits per heavy atom. The molecule has 1 aliphatic heterocycles. The summed E-state index contributed by atoms with van der Waals surface area (Å²) < 4.78 is 0. The van der Waals surface area contributed by atoms with E-state index in [4.69, 9.17) is 5.73 Å². The molecule has 5 nitrogen and oxygen atoms in total. The van der Waals surface area contributed by atoms with Gasteiger partial charge in [0.15, 0.2) is 0 Å². The predicted octanol–water partition coefficient (Wildman–Crippen LogP) is 0.543. The smallest absolute Gasteiger partial charge is 0.248 e. The van der Waals surface area contributed by atoms with Crippen LogP contribution in [-0.2, 0) is 4.79 Å². The van der Waals surface area contributed by atoms with Crippen LogP contribution in [0.3, 0.4) is 0 Å². The van der Waals surface area contributed by atoms with Crippen LogP contribution >= 0.6 is 0 Å². The summed E-state index contributed by atoms with van der Waals surface area (Å²) in [7, 11) is 0. The number of rotatable bonds is 5. The number of nitrogens with zero attached hydrogens (tertiary/aromatic N) is 1. The van der Waals surface area contributed by atoms with E-state index in [1.54, 1.807) is 19.1 Å². The fraction of sp³-hybridized carbons (Fsp3) is 0.429. The van der Waals surface area contributed by atoms with Crippen molar-refractivity contribution in [2.75, 3.05) is 24.5 Å². The van der Waals surface area contributed by atoms with Gasteiger partial charge in [-0.3, -0.25) is 9.59 Å². The molecule has 19 heavy (non-hydrogen) atoms. The first-order valence-electron chi connectivity index (χ1n) is 6.44. The third-order valence-corrected chi connectivity index (χ3v) is 3.34. The molecule has 1 unspecified atom stereocenters. The second-order valence-electron chi connectivity index (χ2n) is 4.93. The van der Waals surface area contributed by atoms with Gasteiger partial charge in [-0.15, -0.1) is 0 Å². The molecule has 1 amide bonds. The van der Waals surface area contributed by atoms with E-state index in [1.165, 1.54) is 0 Å². The first kappa shape index (κ1) is 13.5. The van der Waals surface area contributed by atoms with Crippen molar-refractivity contribution >= 4 is 17.4 Å². The lowest BCUT2D eigenvalue weighted by molar-refractivity contribution is -0.116. The summed E-state index contributed by atoms with van der Waals surface area (Å²) in [6.07, 6.45) is 1.02. The normalized spacial score (nSPS) is 18.6. The molecule has 0 aromatic heterocycles. The van der Waals surface area contributed by atoms with Gasteiger partial charge in [0, 0.05) is 30.4 Å². The van der Waals surface area contributed by atoms with Gasteiger partial charge >= 0.3 is 0 Å². The third kappa shape index (κ3) is 3.54. The molecular formula is C14H19N3O2. The van der Waals surface area contributed by atoms with Crippen molar-refractivity contribution in [1.82, 2.24) is 5.32 Å². The quantitative estimate of drug-likeness (QED) is 0.811. The van der Waals surface area contributed by atoms with E-state index in [9.17, 15) is 9.59 Å². The summed E-state index contributed by atoms with van der Waals surface area (Å²) in [5.41, 5.74) is 6.82. The van der Waals surface area contributed by atoms with Crippen molar-refractivity contribution in [2.45, 2.75) is 19.4 Å². The molecule has 102 valence electrons. The number of benzene rings is 1. The number of nitrogens with two attached hydrogens (primary N) is 1. The molecule has 1 heterocycles. The summed E-state index contributed by atoms with van der Waals surface area (Å²) in [6, 6.07) is 7.66. The largest absolute Gasteiger partial charge is 0.370 e. The average Bonchev–Trinajstić information content (AvgIpc) is 2.85. The highest BCUT2D eigenvalue weighted by atomic mass is 16.1. The molecule has 1 atom stereocenters. The number of carbonyl (C=O) groups excluding carboxylic acids is 2. The highest BCUT2D eigenvalue weighted by Gasteiger charge is 2.22. The lowest BCUT2D eigenvalue weighted by Gasteiger charge is -2.19. The number of hydrogen-bond donors (Lipinski definition) is 2. The molecule has 2 rings (SSSR count). The van der Waals surface area contributed by atoms with Gasteiger partial charge in [0.1, 0.15) is 5.78 Å². The molecule has 1 saturated heterocycles. The molecule has 1 aromatic carbocycles. The molecule has 0 saturated carbocycles. The molecule has 3 N–H and O–H groups in total. The highest BCUT2D eigenvalue weighted by Crippen LogP contribution is 2.20. The fourth-order valence-electron chi connectivity index (χ4n) is 2.29. The van der Waals surface area contributed by atoms with Gasteiger partial charge in [0.2, 0.25) is 5.91 Å². The van der Waals surface area contributed by atoms with E-state index in [0.29, 0.717) is 18.2 Å². The monoisotopic (exact) mass is 261 g/mol. The Morgan fingerprint density at radius 3 is 2.63 bits per heavy atom. The van der Waals surface area contributed by atoms with Crippen molar-refractivity contribution in [2.24, 2.45) is 5.73 Å². The molecule has 0 bridgehead atoms. The van der Waals surface area contributed by atoms with Crippen molar-refractivity contribution in [3.8, 4) is 0 Å². The summed E-state index contributed by atoms with van der Waals surface area (Å²) >= 11 is 0. The Balaban J connectivity index is 1.93. The van der Waals surface area contributed by atoms with Crippen LogP contribution in [0.4, 0.5) is 5.69 Å². The number of Topliss-reactive ketones (excluding diaryl/α,β-unsaturated/α-hetero) is 1. The zero-order valence-corrected chi connectivity index (χ0v) is 11.1. The van der Waals surface area contributed by atoms with Gasteiger partial charge in [-0.1, -0.05) is 0 Å². The van der Waals surface area contributed by atoms with Crippen LogP contribution in [-0.4, -0.2) is 37.4 Å². The van der Waals surface area contributed by atoms with E-state index < -0.39 is 5.91 Å². The lowest BCUT2D eigenvalue weighted by atomic mass is 10.2. The summed E-state index contributed by atoms with van der Waals surface area (Å²) in [6.45, 7) is 3.84. The number of amides is 1. The SMILES string of the molecule is CC(=O)CNC1CCN(c2ccc(C(N)=O)cc2)C1. The number of primary amides is 1. The number of carbonyl (C=O) groups is 2. The summed E-state index contributed by atoms with van der Waals surface area (Å²) in [5, 5.41) is 3.25. The maximum atomic E-state index is 11.0. The lowest BCUT2D eigenvalue weighted by Crippen LogP contribution is -2.35. The van der Waals surface area contributed by atoms with Crippen LogP contribution in [0.1, 0.15) is 23.7 Å². The van der Waals surface area contributed by atoms with Gasteiger partial charge in [-0.2, -0.15) is 0 Å². The minimum Gasteiger partial charge on any atom is -0.370 e. The molecule has 0 spiro atoms. The number of nitrogens with one attached hydrogen (secondary N) is 1. The molecule has 1 aromatic rings. The number of anilines is 1. The standard InChI is InChI=1S/C14H19N3O2/c1-10(18)8-16-12-6-7-17(9-12)13-4-2-11(3-5-13)14(15)19/h2-5,12,16H,6-9H2,1H3,(H2,15,19). The highest BCUT2D eigenvalue weighted by molar-refractivity contribution is 5.93. The van der Waals surface area contributed by atoms with Crippen LogP contribution in [0, 0.1) is 0 Å². The van der Waals surface area contributed by atoms with E-state index in [0.717, 1.165) is 25.2 Å². The zero-order valence-electron chi connectivity index (χ0n) is 11.1. The molecule has 1 aliphatic rings. The molecule has 0 aliphatic carbocycles. The van der Waals surface area contributed by atoms with E-state index in [2.05, 4.69) is 10.2 Å². The Hall–Kier alpha value is -1.88. The maximum absolute atomic E-state index is 11.0. The number of hydrogen-bond acceptors (Lipinski definition) is 4. The summed E-state index contributed by atoms with van der Waals surface area (Å²) in [4.78, 5) is 24.2. The Kier molecular flexibility index (Phi) is 4.16. The van der Waals surface area contributed by atoms with Crippen LogP contribution in [0.5, 0.6) is 0 Å². The first-order chi connectivity index (χ1) is 9.06. The molecule has 1 fully saturated rings. The van der Waals surface area contributed by atoms with Crippen LogP contribution in [0.15, 0.2) is 24.3 Å². The Labute approximate surface area is 112 Å². The molecule has 5 heteroatoms. The molecule has 0 radical (unpaired) electrons. The fourth-order valence-corrected chi connectivity index (χ4v) is 2.29. The van der Waals surface area contributed by atoms with Gasteiger partial charge in [-0.05, 0) is 37.6 Å². The number of ketones is 1. The van der Waals surface area contributed by atoms with Crippen molar-refractivity contribution in [3.63, 3.8) is 0 Å². The maximum Gasteiger partial charge on any atom is 0.248 e. The Morgan fingerprint density at radius 2 is 2.05 bits per heavy atom. The topological polar surface area (TPSA) is 75.4 Å². The summed E-state index contributed by atoms with van der Waals surface area (Å²) in [5.74, 6) is -0.252. The van der Waals surface area contributed by atoms with Crippen molar-refractivity contribution < 1.29 is 9.59 Å². The average molecular weight is 261 g/mol. The molecular weight excluding hydrogens is 242 g/mol. The van der Waals surface area contributed by atoms with E-state index in [-0.39, 0.29) is 5.78 Å². The minimum absolute atomic E-state index is 0.157. The Bertz CT molecular complexity index is 470. The van der Waals surface area contributed by atoms with Crippen molar-refractivity contribution in [1.29, 1.82) is 0 Å². The minimum atomic E-state index is -0.408. The van der Waals surface area contributed by atoms with Gasteiger partial charge in [-0.25, -0.2) is 0 Å². The van der Waals surface area contributed by atoms with Gasteiger partial charge in [0.05, 0.1) is 6.54 Å². The third-order valence-electron chi connectivity index (χ3n) is 3.34. The zero-order chi connectivity index (χ0) is 13.8. The van der Waals surface area contributed by atoms with Gasteiger partial charge in [0.25, 0.3) is 0 Å². The van der Waals surface area contributed by atoms with Crippen LogP contribution in [0.2, 0.25) is 0 Å². The van der Waals surface area contributed by atoms with E-state index >= 15 is 0 Å². The first-order valence-corrected chi connectivity index (χ1v) is 6.44. The van der Waals surface area contributed by atoms with Crippen LogP contribution in [0.25, 0.3) is 0 Å². The van der Waals surface area contributed by atoms with Crippen molar-refractivity contribution in [3.05, 3.63) is 29.8 Å². The van der Waals surface area contributed by atoms with Gasteiger partial charge < -0.3 is 16.0 Å². The second-order valence-corrected chi connectivity index (χ2v) is 4.93. The van der Waals surface area contributed by atoms with Crippen LogP contribution < -0.4 is 16.0 Å².